The first-order valence-corrected chi connectivity index (χ1v) is 26.8. The second-order valence-corrected chi connectivity index (χ2v) is 18.5. The van der Waals surface area contributed by atoms with Crippen molar-refractivity contribution in [3.63, 3.8) is 0 Å². The minimum atomic E-state index is -4.77. The number of aliphatic hydroxyl groups is 1. The van der Waals surface area contributed by atoms with Gasteiger partial charge < -0.3 is 25.2 Å². The second-order valence-electron chi connectivity index (χ2n) is 17.0. The molecule has 1 amide bonds. The maximum absolute atomic E-state index is 12.4. The number of esters is 1. The molecule has 11 nitrogen and oxygen atoms in total. The molecule has 0 rings (SSSR count). The standard InChI is InChI=1S/C52H92NO10P/c1-3-5-7-9-11-13-15-17-19-21-23-24-26-27-29-31-33-35-37-39-41-43-50(55)53-49(52(57)58)47-63-64(59,60)62-46-48(54)45-61-51(56)44-42-40-38-36-34-32-30-28-25-22-20-18-16-14-12-10-8-6-4-2/h12,14,17-20,25,28,32,34,48-49,54H,3-11,13,15-16,21-24,26-27,29-31,33,35-47H2,1-2H3,(H,53,55)(H,57,58)(H,59,60)/b14-12-,19-17+,20-18-,28-25-,34-32-. The Labute approximate surface area is 389 Å². The molecule has 64 heavy (non-hydrogen) atoms. The molecule has 0 aromatic heterocycles. The molecule has 0 aliphatic rings. The lowest BCUT2D eigenvalue weighted by Gasteiger charge is -2.18. The molecule has 0 spiro atoms. The topological polar surface area (TPSA) is 169 Å². The van der Waals surface area contributed by atoms with Crippen molar-refractivity contribution in [3.8, 4) is 0 Å². The number of hydrogen-bond donors (Lipinski definition) is 4. The van der Waals surface area contributed by atoms with Gasteiger partial charge in [-0.1, -0.05) is 184 Å². The number of aliphatic hydroxyl groups excluding tert-OH is 1. The quantitative estimate of drug-likeness (QED) is 0.0199. The van der Waals surface area contributed by atoms with Crippen LogP contribution < -0.4 is 5.32 Å². The molecule has 0 saturated carbocycles. The number of carbonyl (C=O) groups excluding carboxylic acids is 2. The number of nitrogens with one attached hydrogen (secondary N) is 1. The van der Waals surface area contributed by atoms with Gasteiger partial charge in [-0.15, -0.1) is 0 Å². The van der Waals surface area contributed by atoms with Crippen LogP contribution >= 0.6 is 7.82 Å². The predicted octanol–water partition coefficient (Wildman–Crippen LogP) is 13.9. The van der Waals surface area contributed by atoms with E-state index in [9.17, 15) is 34.1 Å². The molecule has 0 aromatic rings. The van der Waals surface area contributed by atoms with Crippen molar-refractivity contribution in [1.82, 2.24) is 5.32 Å². The largest absolute Gasteiger partial charge is 0.480 e. The monoisotopic (exact) mass is 922 g/mol. The van der Waals surface area contributed by atoms with Crippen LogP contribution in [0.25, 0.3) is 0 Å². The number of hydrogen-bond acceptors (Lipinski definition) is 8. The minimum absolute atomic E-state index is 0.141. The van der Waals surface area contributed by atoms with Crippen molar-refractivity contribution < 1.29 is 47.8 Å². The normalized spacial score (nSPS) is 14.1. The summed E-state index contributed by atoms with van der Waals surface area (Å²) in [6.07, 6.45) is 55.2. The van der Waals surface area contributed by atoms with Gasteiger partial charge in [0.2, 0.25) is 5.91 Å². The summed E-state index contributed by atoms with van der Waals surface area (Å²) < 4.78 is 26.9. The van der Waals surface area contributed by atoms with E-state index in [-0.39, 0.29) is 12.8 Å². The van der Waals surface area contributed by atoms with E-state index in [2.05, 4.69) is 79.9 Å². The fourth-order valence-electron chi connectivity index (χ4n) is 6.82. The van der Waals surface area contributed by atoms with Crippen LogP contribution in [0.1, 0.15) is 219 Å². The summed E-state index contributed by atoms with van der Waals surface area (Å²) in [5, 5.41) is 21.9. The Morgan fingerprint density at radius 1 is 0.500 bits per heavy atom. The van der Waals surface area contributed by atoms with Gasteiger partial charge in [-0.25, -0.2) is 9.36 Å². The number of ether oxygens (including phenoxy) is 1. The highest BCUT2D eigenvalue weighted by Crippen LogP contribution is 2.43. The number of unbranched alkanes of at least 4 members (excludes halogenated alkanes) is 23. The van der Waals surface area contributed by atoms with E-state index in [0.717, 1.165) is 57.8 Å². The van der Waals surface area contributed by atoms with Crippen molar-refractivity contribution in [2.45, 2.75) is 231 Å². The van der Waals surface area contributed by atoms with Gasteiger partial charge in [-0.3, -0.25) is 18.6 Å². The molecule has 4 N–H and O–H groups in total. The maximum atomic E-state index is 12.4. The smallest absolute Gasteiger partial charge is 0.472 e. The summed E-state index contributed by atoms with van der Waals surface area (Å²) >= 11 is 0. The van der Waals surface area contributed by atoms with Crippen molar-refractivity contribution >= 4 is 25.7 Å². The minimum Gasteiger partial charge on any atom is -0.480 e. The van der Waals surface area contributed by atoms with Crippen molar-refractivity contribution in [2.75, 3.05) is 19.8 Å². The first kappa shape index (κ1) is 61.2. The van der Waals surface area contributed by atoms with Gasteiger partial charge in [0.25, 0.3) is 0 Å². The lowest BCUT2D eigenvalue weighted by Crippen LogP contribution is -2.43. The SMILES string of the molecule is CCCCC/C=C\C/C=C\C/C=C\C/C=C\CCCCCC(=O)OCC(O)COP(=O)(O)OCC(NC(=O)CCCCCCCCCCCCC/C=C/CCCCCCCC)C(=O)O. The van der Waals surface area contributed by atoms with E-state index >= 15 is 0 Å². The number of carboxylic acids is 1. The molecular weight excluding hydrogens is 830 g/mol. The Bertz CT molecular complexity index is 1310. The van der Waals surface area contributed by atoms with E-state index in [1.54, 1.807) is 0 Å². The highest BCUT2D eigenvalue weighted by atomic mass is 31.2. The highest BCUT2D eigenvalue weighted by molar-refractivity contribution is 7.47. The molecule has 12 heteroatoms. The Kier molecular flexibility index (Phi) is 44.6. The van der Waals surface area contributed by atoms with Crippen LogP contribution in [0.2, 0.25) is 0 Å². The molecule has 3 atom stereocenters. The number of carboxylic acid groups (broad SMARTS) is 1. The van der Waals surface area contributed by atoms with Crippen LogP contribution in [0.5, 0.6) is 0 Å². The molecule has 3 unspecified atom stereocenters. The van der Waals surface area contributed by atoms with E-state index in [1.165, 1.54) is 122 Å². The van der Waals surface area contributed by atoms with Crippen LogP contribution in [0.15, 0.2) is 60.8 Å². The van der Waals surface area contributed by atoms with Gasteiger partial charge >= 0.3 is 19.8 Å². The van der Waals surface area contributed by atoms with Gasteiger partial charge in [-0.05, 0) is 83.5 Å². The summed E-state index contributed by atoms with van der Waals surface area (Å²) in [5.41, 5.74) is 0. The fourth-order valence-corrected chi connectivity index (χ4v) is 7.60. The van der Waals surface area contributed by atoms with Crippen LogP contribution in [0.4, 0.5) is 0 Å². The molecule has 0 heterocycles. The molecule has 0 saturated heterocycles. The lowest BCUT2D eigenvalue weighted by atomic mass is 10.0. The fraction of sp³-hybridized carbons (Fsp3) is 0.750. The zero-order valence-corrected chi connectivity index (χ0v) is 41.2. The number of phosphoric acid groups is 1. The molecule has 0 radical (unpaired) electrons. The third-order valence-electron chi connectivity index (χ3n) is 10.8. The van der Waals surface area contributed by atoms with Crippen LogP contribution in [0.3, 0.4) is 0 Å². The molecule has 370 valence electrons. The predicted molar refractivity (Wildman–Crippen MR) is 263 cm³/mol. The van der Waals surface area contributed by atoms with E-state index in [0.29, 0.717) is 12.8 Å². The number of allylic oxidation sites excluding steroid dienone is 10. The number of aliphatic carboxylic acids is 1. The number of carbonyl (C=O) groups is 3. The molecule has 0 fully saturated rings. The van der Waals surface area contributed by atoms with Crippen molar-refractivity contribution in [2.24, 2.45) is 0 Å². The zero-order valence-electron chi connectivity index (χ0n) is 40.3. The second kappa shape index (κ2) is 46.7. The first-order chi connectivity index (χ1) is 31.1. The Morgan fingerprint density at radius 2 is 0.859 bits per heavy atom. The van der Waals surface area contributed by atoms with Crippen LogP contribution in [-0.4, -0.2) is 64.9 Å². The summed E-state index contributed by atoms with van der Waals surface area (Å²) in [4.78, 5) is 46.1. The third kappa shape index (κ3) is 45.7. The van der Waals surface area contributed by atoms with Gasteiger partial charge in [0.1, 0.15) is 12.7 Å². The van der Waals surface area contributed by atoms with E-state index in [4.69, 9.17) is 13.8 Å². The maximum Gasteiger partial charge on any atom is 0.472 e. The number of rotatable bonds is 47. The molecule has 0 bridgehead atoms. The summed E-state index contributed by atoms with van der Waals surface area (Å²) in [6, 6.07) is -1.55. The summed E-state index contributed by atoms with van der Waals surface area (Å²) in [7, 11) is -4.77. The summed E-state index contributed by atoms with van der Waals surface area (Å²) in [6.45, 7) is 2.55. The first-order valence-electron chi connectivity index (χ1n) is 25.3. The lowest BCUT2D eigenvalue weighted by molar-refractivity contribution is -0.147. The van der Waals surface area contributed by atoms with Crippen molar-refractivity contribution in [3.05, 3.63) is 60.8 Å². The average molecular weight is 922 g/mol. The highest BCUT2D eigenvalue weighted by Gasteiger charge is 2.28. The van der Waals surface area contributed by atoms with E-state index < -0.39 is 57.6 Å². The average Bonchev–Trinajstić information content (AvgIpc) is 3.27. The Balaban J connectivity index is 3.89. The number of phosphoric ester groups is 1. The Morgan fingerprint density at radius 3 is 1.34 bits per heavy atom. The van der Waals surface area contributed by atoms with Crippen LogP contribution in [0, 0.1) is 0 Å². The van der Waals surface area contributed by atoms with Gasteiger partial charge in [0.15, 0.2) is 6.04 Å². The van der Waals surface area contributed by atoms with Gasteiger partial charge in [0, 0.05) is 12.8 Å². The van der Waals surface area contributed by atoms with E-state index in [1.807, 2.05) is 0 Å². The van der Waals surface area contributed by atoms with Gasteiger partial charge in [0.05, 0.1) is 13.2 Å². The third-order valence-corrected chi connectivity index (χ3v) is 11.7. The van der Waals surface area contributed by atoms with Crippen molar-refractivity contribution in [1.29, 1.82) is 0 Å². The van der Waals surface area contributed by atoms with Gasteiger partial charge in [-0.2, -0.15) is 0 Å². The molecule has 0 aliphatic heterocycles. The molecule has 0 aromatic carbocycles. The van der Waals surface area contributed by atoms with Crippen LogP contribution in [-0.2, 0) is 32.7 Å². The Hall–Kier alpha value is -2.82. The summed E-state index contributed by atoms with van der Waals surface area (Å²) in [5.74, 6) is -2.41. The molecular formula is C52H92NO10P. The zero-order chi connectivity index (χ0) is 47.0. The molecule has 0 aliphatic carbocycles. The number of amides is 1.